The first-order valence-corrected chi connectivity index (χ1v) is 5.99. The van der Waals surface area contributed by atoms with Gasteiger partial charge in [-0.1, -0.05) is 12.1 Å². The molecule has 5 heteroatoms. The predicted octanol–water partition coefficient (Wildman–Crippen LogP) is 0.638. The van der Waals surface area contributed by atoms with Crippen molar-refractivity contribution in [3.8, 4) is 0 Å². The fourth-order valence-corrected chi connectivity index (χ4v) is 2.31. The standard InChI is InChI=1S/C13H17FN2O2/c14-11-4-2-10(3-5-11)8-16-7-1-6-13(18,9-16)12(15)17/h2-5,18H,1,6-9H2,(H2,15,17)/t13-/m0/s1. The van der Waals surface area contributed by atoms with E-state index in [1.54, 1.807) is 12.1 Å². The second-order valence-electron chi connectivity index (χ2n) is 4.84. The zero-order valence-corrected chi connectivity index (χ0v) is 10.1. The van der Waals surface area contributed by atoms with E-state index in [0.717, 1.165) is 18.5 Å². The fraction of sp³-hybridized carbons (Fsp3) is 0.462. The van der Waals surface area contributed by atoms with E-state index in [0.29, 0.717) is 13.0 Å². The number of nitrogens with zero attached hydrogens (tertiary/aromatic N) is 1. The molecule has 4 nitrogen and oxygen atoms in total. The number of carbonyl (C=O) groups is 1. The molecule has 0 bridgehead atoms. The van der Waals surface area contributed by atoms with Gasteiger partial charge in [0.15, 0.2) is 5.60 Å². The summed E-state index contributed by atoms with van der Waals surface area (Å²) in [4.78, 5) is 13.2. The number of likely N-dealkylation sites (tertiary alicyclic amines) is 1. The summed E-state index contributed by atoms with van der Waals surface area (Å²) in [5.41, 5.74) is 4.73. The highest BCUT2D eigenvalue weighted by atomic mass is 19.1. The van der Waals surface area contributed by atoms with Crippen LogP contribution in [0.25, 0.3) is 0 Å². The van der Waals surface area contributed by atoms with Gasteiger partial charge < -0.3 is 10.8 Å². The molecular formula is C13H17FN2O2. The SMILES string of the molecule is NC(=O)[C@]1(O)CCCN(Cc2ccc(F)cc2)C1. The second-order valence-corrected chi connectivity index (χ2v) is 4.84. The van der Waals surface area contributed by atoms with Crippen LogP contribution in [-0.2, 0) is 11.3 Å². The summed E-state index contributed by atoms with van der Waals surface area (Å²) < 4.78 is 12.8. The molecule has 1 heterocycles. The lowest BCUT2D eigenvalue weighted by molar-refractivity contribution is -0.142. The molecule has 0 spiro atoms. The number of piperidine rings is 1. The molecule has 1 atom stereocenters. The minimum atomic E-state index is -1.43. The summed E-state index contributed by atoms with van der Waals surface area (Å²) in [6.07, 6.45) is 1.13. The molecule has 2 rings (SSSR count). The van der Waals surface area contributed by atoms with Gasteiger partial charge in [0.05, 0.1) is 0 Å². The molecule has 0 unspecified atom stereocenters. The van der Waals surface area contributed by atoms with Crippen molar-refractivity contribution < 1.29 is 14.3 Å². The van der Waals surface area contributed by atoms with Gasteiger partial charge in [0.2, 0.25) is 0 Å². The Hall–Kier alpha value is -1.46. The summed E-state index contributed by atoms with van der Waals surface area (Å²) in [5.74, 6) is -0.947. The maximum atomic E-state index is 12.8. The molecule has 3 N–H and O–H groups in total. The molecule has 0 saturated carbocycles. The Morgan fingerprint density at radius 1 is 1.44 bits per heavy atom. The highest BCUT2D eigenvalue weighted by Gasteiger charge is 2.38. The lowest BCUT2D eigenvalue weighted by atomic mass is 9.92. The lowest BCUT2D eigenvalue weighted by Gasteiger charge is -2.37. The number of nitrogens with two attached hydrogens (primary N) is 1. The van der Waals surface area contributed by atoms with E-state index in [1.165, 1.54) is 12.1 Å². The highest BCUT2D eigenvalue weighted by molar-refractivity contribution is 5.83. The maximum Gasteiger partial charge on any atom is 0.250 e. The second kappa shape index (κ2) is 5.04. The fourth-order valence-electron chi connectivity index (χ4n) is 2.31. The van der Waals surface area contributed by atoms with Crippen LogP contribution in [-0.4, -0.2) is 34.6 Å². The molecular weight excluding hydrogens is 235 g/mol. The quantitative estimate of drug-likeness (QED) is 0.829. The van der Waals surface area contributed by atoms with E-state index < -0.39 is 11.5 Å². The van der Waals surface area contributed by atoms with Gasteiger partial charge in [0.1, 0.15) is 5.82 Å². The molecule has 98 valence electrons. The van der Waals surface area contributed by atoms with Crippen LogP contribution in [0.5, 0.6) is 0 Å². The number of hydrogen-bond donors (Lipinski definition) is 2. The molecule has 0 aliphatic carbocycles. The minimum Gasteiger partial charge on any atom is -0.379 e. The normalized spacial score (nSPS) is 25.0. The van der Waals surface area contributed by atoms with Crippen LogP contribution in [0.15, 0.2) is 24.3 Å². The van der Waals surface area contributed by atoms with Crippen molar-refractivity contribution in [3.05, 3.63) is 35.6 Å². The van der Waals surface area contributed by atoms with Gasteiger partial charge in [-0.05, 0) is 37.1 Å². The molecule has 1 aliphatic heterocycles. The van der Waals surface area contributed by atoms with Crippen molar-refractivity contribution in [2.45, 2.75) is 25.0 Å². The summed E-state index contributed by atoms with van der Waals surface area (Å²) in [6.45, 7) is 1.61. The topological polar surface area (TPSA) is 66.6 Å². The number of primary amides is 1. The minimum absolute atomic E-state index is 0.236. The van der Waals surface area contributed by atoms with Crippen LogP contribution in [0.2, 0.25) is 0 Å². The largest absolute Gasteiger partial charge is 0.379 e. The first kappa shape index (κ1) is 13.0. The van der Waals surface area contributed by atoms with E-state index in [2.05, 4.69) is 0 Å². The predicted molar refractivity (Wildman–Crippen MR) is 65.1 cm³/mol. The van der Waals surface area contributed by atoms with Gasteiger partial charge in [-0.2, -0.15) is 0 Å². The summed E-state index contributed by atoms with van der Waals surface area (Å²) in [7, 11) is 0. The molecule has 0 aromatic heterocycles. The Labute approximate surface area is 105 Å². The number of hydrogen-bond acceptors (Lipinski definition) is 3. The Balaban J connectivity index is 2.02. The summed E-state index contributed by atoms with van der Waals surface area (Å²) in [5, 5.41) is 10.1. The monoisotopic (exact) mass is 252 g/mol. The number of β-amino-alcohol motifs (C(OH)–C–C–N with tert-alkyl or cyclic N) is 1. The first-order chi connectivity index (χ1) is 8.49. The zero-order chi connectivity index (χ0) is 13.2. The number of amides is 1. The van der Waals surface area contributed by atoms with Gasteiger partial charge in [-0.25, -0.2) is 4.39 Å². The Morgan fingerprint density at radius 2 is 2.11 bits per heavy atom. The Bertz CT molecular complexity index is 435. The van der Waals surface area contributed by atoms with E-state index >= 15 is 0 Å². The van der Waals surface area contributed by atoms with Crippen LogP contribution in [0.1, 0.15) is 18.4 Å². The van der Waals surface area contributed by atoms with E-state index in [9.17, 15) is 14.3 Å². The van der Waals surface area contributed by atoms with Gasteiger partial charge in [-0.15, -0.1) is 0 Å². The first-order valence-electron chi connectivity index (χ1n) is 5.99. The third kappa shape index (κ3) is 2.86. The van der Waals surface area contributed by atoms with Gasteiger partial charge >= 0.3 is 0 Å². The molecule has 0 radical (unpaired) electrons. The van der Waals surface area contributed by atoms with Crippen LogP contribution in [0, 0.1) is 5.82 Å². The number of rotatable bonds is 3. The Kier molecular flexibility index (Phi) is 3.63. The summed E-state index contributed by atoms with van der Waals surface area (Å²) >= 11 is 0. The third-order valence-corrected chi connectivity index (χ3v) is 3.33. The Morgan fingerprint density at radius 3 is 2.72 bits per heavy atom. The van der Waals surface area contributed by atoms with E-state index in [1.807, 2.05) is 4.90 Å². The average molecular weight is 252 g/mol. The van der Waals surface area contributed by atoms with Crippen molar-refractivity contribution in [1.82, 2.24) is 4.90 Å². The van der Waals surface area contributed by atoms with Gasteiger partial charge in [0.25, 0.3) is 5.91 Å². The maximum absolute atomic E-state index is 12.8. The smallest absolute Gasteiger partial charge is 0.250 e. The van der Waals surface area contributed by atoms with Crippen molar-refractivity contribution in [1.29, 1.82) is 0 Å². The van der Waals surface area contributed by atoms with Crippen molar-refractivity contribution >= 4 is 5.91 Å². The third-order valence-electron chi connectivity index (χ3n) is 3.33. The van der Waals surface area contributed by atoms with E-state index in [-0.39, 0.29) is 12.4 Å². The molecule has 18 heavy (non-hydrogen) atoms. The van der Waals surface area contributed by atoms with Crippen LogP contribution < -0.4 is 5.73 Å². The van der Waals surface area contributed by atoms with Crippen molar-refractivity contribution in [2.75, 3.05) is 13.1 Å². The van der Waals surface area contributed by atoms with Crippen molar-refractivity contribution in [2.24, 2.45) is 5.73 Å². The average Bonchev–Trinajstić information content (AvgIpc) is 2.32. The molecule has 1 aliphatic rings. The summed E-state index contributed by atoms with van der Waals surface area (Å²) in [6, 6.07) is 6.21. The molecule has 1 fully saturated rings. The highest BCUT2D eigenvalue weighted by Crippen LogP contribution is 2.22. The van der Waals surface area contributed by atoms with Gasteiger partial charge in [-0.3, -0.25) is 9.69 Å². The molecule has 1 saturated heterocycles. The van der Waals surface area contributed by atoms with Crippen molar-refractivity contribution in [3.63, 3.8) is 0 Å². The van der Waals surface area contributed by atoms with Crippen LogP contribution in [0.4, 0.5) is 4.39 Å². The number of halogens is 1. The number of benzene rings is 1. The van der Waals surface area contributed by atoms with E-state index in [4.69, 9.17) is 5.73 Å². The van der Waals surface area contributed by atoms with Gasteiger partial charge in [0, 0.05) is 13.1 Å². The molecule has 1 aromatic rings. The molecule has 1 aromatic carbocycles. The number of aliphatic hydroxyl groups is 1. The zero-order valence-electron chi connectivity index (χ0n) is 10.1. The lowest BCUT2D eigenvalue weighted by Crippen LogP contribution is -2.55. The van der Waals surface area contributed by atoms with Crippen LogP contribution >= 0.6 is 0 Å². The van der Waals surface area contributed by atoms with Crippen LogP contribution in [0.3, 0.4) is 0 Å². The number of carbonyl (C=O) groups excluding carboxylic acids is 1. The molecule has 1 amide bonds.